The average Bonchev–Trinajstić information content (AvgIpc) is 3.10. The highest BCUT2D eigenvalue weighted by atomic mass is 32.1. The first-order valence-electron chi connectivity index (χ1n) is 9.40. The summed E-state index contributed by atoms with van der Waals surface area (Å²) in [5, 5.41) is 3.34. The molecule has 3 rings (SSSR count). The minimum Gasteiger partial charge on any atom is -0.454 e. The monoisotopic (exact) mass is 407 g/mol. The number of hydrogen-bond donors (Lipinski definition) is 2. The third-order valence-corrected chi connectivity index (χ3v) is 4.68. The Bertz CT molecular complexity index is 966. The minimum atomic E-state index is -0.205. The number of benzene rings is 1. The van der Waals surface area contributed by atoms with Crippen molar-refractivity contribution in [1.29, 1.82) is 0 Å². The van der Waals surface area contributed by atoms with Crippen molar-refractivity contribution >= 4 is 29.0 Å². The van der Waals surface area contributed by atoms with Crippen LogP contribution in [-0.4, -0.2) is 41.5 Å². The summed E-state index contributed by atoms with van der Waals surface area (Å²) in [6, 6.07) is 3.38. The van der Waals surface area contributed by atoms with E-state index in [1.165, 1.54) is 4.57 Å². The van der Waals surface area contributed by atoms with Gasteiger partial charge in [0.05, 0.1) is 17.0 Å². The van der Waals surface area contributed by atoms with Gasteiger partial charge in [-0.15, -0.1) is 0 Å². The van der Waals surface area contributed by atoms with Gasteiger partial charge in [0.1, 0.15) is 0 Å². The Balaban J connectivity index is 1.56. The van der Waals surface area contributed by atoms with Gasteiger partial charge in [-0.25, -0.2) is 0 Å². The van der Waals surface area contributed by atoms with E-state index in [-0.39, 0.29) is 24.4 Å². The first-order valence-corrected chi connectivity index (χ1v) is 9.81. The molecule has 0 bridgehead atoms. The third kappa shape index (κ3) is 4.90. The molecule has 0 fully saturated rings. The summed E-state index contributed by atoms with van der Waals surface area (Å²) in [6.45, 7) is 5.66. The maximum absolute atomic E-state index is 12.8. The van der Waals surface area contributed by atoms with Crippen molar-refractivity contribution in [1.82, 2.24) is 14.9 Å². The molecule has 1 aromatic heterocycles. The lowest BCUT2D eigenvalue weighted by Crippen LogP contribution is -2.27. The number of carbonyl (C=O) groups excluding carboxylic acids is 1. The lowest BCUT2D eigenvalue weighted by Gasteiger charge is -2.10. The highest BCUT2D eigenvalue weighted by molar-refractivity contribution is 7.71. The van der Waals surface area contributed by atoms with E-state index >= 15 is 0 Å². The van der Waals surface area contributed by atoms with Crippen molar-refractivity contribution in [2.75, 3.05) is 19.9 Å². The number of nitrogens with zero attached hydrogens (tertiary/aromatic N) is 1. The summed E-state index contributed by atoms with van der Waals surface area (Å²) in [6.07, 6.45) is 1.81. The molecule has 9 heteroatoms. The Morgan fingerprint density at radius 2 is 2.07 bits per heavy atom. The molecule has 0 aliphatic carbocycles. The standard InChI is InChI=1S/C19H25N3O5S/c1-12(2)25-8-4-6-20-17(23)5-3-7-22-18(24)13-9-15-16(27-11-26-15)10-14(13)21-19(22)28/h9-10,12H,3-8,11H2,1-2H3,(H,20,23)(H,21,28). The van der Waals surface area contributed by atoms with E-state index in [0.29, 0.717) is 59.7 Å². The van der Waals surface area contributed by atoms with Crippen LogP contribution in [0.5, 0.6) is 11.5 Å². The molecule has 28 heavy (non-hydrogen) atoms. The van der Waals surface area contributed by atoms with Gasteiger partial charge in [0.15, 0.2) is 16.3 Å². The number of H-pyrrole nitrogens is 1. The SMILES string of the molecule is CC(C)OCCCNC(=O)CCCn1c(=S)[nH]c2cc3c(cc2c1=O)OCO3. The third-order valence-electron chi connectivity index (χ3n) is 4.36. The Morgan fingerprint density at radius 1 is 1.32 bits per heavy atom. The number of nitrogens with one attached hydrogen (secondary N) is 2. The summed E-state index contributed by atoms with van der Waals surface area (Å²) >= 11 is 5.31. The van der Waals surface area contributed by atoms with Crippen LogP contribution >= 0.6 is 12.2 Å². The fourth-order valence-electron chi connectivity index (χ4n) is 2.95. The topological polar surface area (TPSA) is 94.6 Å². The lowest BCUT2D eigenvalue weighted by molar-refractivity contribution is -0.121. The van der Waals surface area contributed by atoms with Gasteiger partial charge in [0, 0.05) is 32.2 Å². The van der Waals surface area contributed by atoms with Crippen molar-refractivity contribution in [2.45, 2.75) is 45.8 Å². The number of amides is 1. The van der Waals surface area contributed by atoms with Crippen LogP contribution < -0.4 is 20.3 Å². The first-order chi connectivity index (χ1) is 13.5. The van der Waals surface area contributed by atoms with Crippen molar-refractivity contribution in [2.24, 2.45) is 0 Å². The largest absolute Gasteiger partial charge is 0.454 e. The molecule has 8 nitrogen and oxygen atoms in total. The first kappa shape index (κ1) is 20.3. The zero-order valence-electron chi connectivity index (χ0n) is 16.1. The van der Waals surface area contributed by atoms with Crippen LogP contribution in [0.25, 0.3) is 10.9 Å². The molecule has 0 saturated carbocycles. The summed E-state index contributed by atoms with van der Waals surface area (Å²) in [4.78, 5) is 27.8. The Morgan fingerprint density at radius 3 is 2.82 bits per heavy atom. The highest BCUT2D eigenvalue weighted by Crippen LogP contribution is 2.34. The van der Waals surface area contributed by atoms with Crippen LogP contribution in [0.3, 0.4) is 0 Å². The smallest absolute Gasteiger partial charge is 0.262 e. The second-order valence-electron chi connectivity index (χ2n) is 6.86. The fourth-order valence-corrected chi connectivity index (χ4v) is 3.24. The molecule has 0 spiro atoms. The van der Waals surface area contributed by atoms with Gasteiger partial charge in [0.25, 0.3) is 5.56 Å². The van der Waals surface area contributed by atoms with Gasteiger partial charge in [-0.1, -0.05) is 0 Å². The highest BCUT2D eigenvalue weighted by Gasteiger charge is 2.17. The average molecular weight is 407 g/mol. The fraction of sp³-hybridized carbons (Fsp3) is 0.526. The molecule has 0 saturated heterocycles. The predicted molar refractivity (Wildman–Crippen MR) is 107 cm³/mol. The molecule has 1 aromatic carbocycles. The van der Waals surface area contributed by atoms with Crippen LogP contribution in [0.4, 0.5) is 0 Å². The zero-order valence-corrected chi connectivity index (χ0v) is 16.9. The summed E-state index contributed by atoms with van der Waals surface area (Å²) in [7, 11) is 0. The van der Waals surface area contributed by atoms with Crippen molar-refractivity contribution in [3.05, 3.63) is 27.3 Å². The second kappa shape index (κ2) is 9.20. The zero-order chi connectivity index (χ0) is 20.1. The molecule has 2 N–H and O–H groups in total. The van der Waals surface area contributed by atoms with E-state index in [0.717, 1.165) is 6.42 Å². The Labute approximate surface area is 167 Å². The minimum absolute atomic E-state index is 0.0448. The van der Waals surface area contributed by atoms with Crippen LogP contribution in [-0.2, 0) is 16.1 Å². The Kier molecular flexibility index (Phi) is 6.69. The van der Waals surface area contributed by atoms with E-state index in [1.54, 1.807) is 12.1 Å². The van der Waals surface area contributed by atoms with Crippen LogP contribution in [0.15, 0.2) is 16.9 Å². The molecule has 1 amide bonds. The maximum atomic E-state index is 12.8. The number of hydrogen-bond acceptors (Lipinski definition) is 6. The van der Waals surface area contributed by atoms with Gasteiger partial charge in [-0.05, 0) is 45.0 Å². The summed E-state index contributed by atoms with van der Waals surface area (Å²) in [5.74, 6) is 1.09. The van der Waals surface area contributed by atoms with Gasteiger partial charge in [-0.3, -0.25) is 14.2 Å². The van der Waals surface area contributed by atoms with Gasteiger partial charge < -0.3 is 24.5 Å². The molecule has 1 aliphatic heterocycles. The lowest BCUT2D eigenvalue weighted by atomic mass is 10.2. The summed E-state index contributed by atoms with van der Waals surface area (Å²) in [5.41, 5.74) is 0.403. The summed E-state index contributed by atoms with van der Waals surface area (Å²) < 4.78 is 17.9. The molecule has 1 aliphatic rings. The van der Waals surface area contributed by atoms with Gasteiger partial charge in [0.2, 0.25) is 12.7 Å². The molecular formula is C19H25N3O5S. The van der Waals surface area contributed by atoms with Crippen molar-refractivity contribution in [3.8, 4) is 11.5 Å². The number of rotatable bonds is 9. The number of aromatic amines is 1. The van der Waals surface area contributed by atoms with Crippen LogP contribution in [0.1, 0.15) is 33.1 Å². The van der Waals surface area contributed by atoms with E-state index < -0.39 is 0 Å². The molecule has 2 heterocycles. The molecule has 0 atom stereocenters. The van der Waals surface area contributed by atoms with Crippen molar-refractivity contribution < 1.29 is 19.0 Å². The van der Waals surface area contributed by atoms with E-state index in [2.05, 4.69) is 10.3 Å². The molecule has 2 aromatic rings. The predicted octanol–water partition coefficient (Wildman–Crippen LogP) is 2.50. The van der Waals surface area contributed by atoms with E-state index in [1.807, 2.05) is 13.8 Å². The normalized spacial score (nSPS) is 12.7. The Hall–Kier alpha value is -2.39. The molecule has 0 unspecified atom stereocenters. The molecule has 152 valence electrons. The van der Waals surface area contributed by atoms with E-state index in [4.69, 9.17) is 26.4 Å². The number of carbonyl (C=O) groups is 1. The second-order valence-corrected chi connectivity index (χ2v) is 7.25. The quantitative estimate of drug-likeness (QED) is 0.490. The van der Waals surface area contributed by atoms with Crippen molar-refractivity contribution in [3.63, 3.8) is 0 Å². The number of ether oxygens (including phenoxy) is 3. The molecule has 0 radical (unpaired) electrons. The van der Waals surface area contributed by atoms with Gasteiger partial charge >= 0.3 is 0 Å². The number of fused-ring (bicyclic) bond motifs is 2. The van der Waals surface area contributed by atoms with Crippen LogP contribution in [0.2, 0.25) is 0 Å². The molecular weight excluding hydrogens is 382 g/mol. The maximum Gasteiger partial charge on any atom is 0.262 e. The van der Waals surface area contributed by atoms with Gasteiger partial charge in [-0.2, -0.15) is 0 Å². The van der Waals surface area contributed by atoms with Crippen LogP contribution in [0, 0.1) is 4.77 Å². The van der Waals surface area contributed by atoms with E-state index in [9.17, 15) is 9.59 Å². The number of aromatic nitrogens is 2.